The Morgan fingerprint density at radius 1 is 1.26 bits per heavy atom. The number of hydrogen-bond acceptors (Lipinski definition) is 7. The fourth-order valence-corrected chi connectivity index (χ4v) is 3.08. The molecule has 1 aliphatic carbocycles. The molecule has 7 nitrogen and oxygen atoms in total. The zero-order valence-corrected chi connectivity index (χ0v) is 14.6. The summed E-state index contributed by atoms with van der Waals surface area (Å²) < 4.78 is 33.4. The van der Waals surface area contributed by atoms with E-state index in [1.54, 1.807) is 7.11 Å². The van der Waals surface area contributed by atoms with E-state index in [9.17, 15) is 4.79 Å². The summed E-state index contributed by atoms with van der Waals surface area (Å²) in [5.74, 6) is -1.08. The maximum Gasteiger partial charge on any atom is 0.163 e. The Kier molecular flexibility index (Phi) is 6.53. The van der Waals surface area contributed by atoms with E-state index in [-0.39, 0.29) is 56.1 Å². The molecule has 2 rings (SSSR count). The molecule has 134 valence electrons. The fourth-order valence-electron chi connectivity index (χ4n) is 3.08. The minimum absolute atomic E-state index is 0.0531. The van der Waals surface area contributed by atoms with E-state index in [4.69, 9.17) is 28.4 Å². The van der Waals surface area contributed by atoms with Crippen molar-refractivity contribution < 1.29 is 33.2 Å². The van der Waals surface area contributed by atoms with E-state index in [0.717, 1.165) is 0 Å². The van der Waals surface area contributed by atoms with Crippen LogP contribution in [0.2, 0.25) is 0 Å². The molecule has 23 heavy (non-hydrogen) atoms. The lowest BCUT2D eigenvalue weighted by molar-refractivity contribution is -0.173. The maximum atomic E-state index is 12.5. The molecule has 0 aromatic heterocycles. The third kappa shape index (κ3) is 4.71. The molecule has 0 radical (unpaired) electrons. The average Bonchev–Trinajstić information content (AvgIpc) is 2.79. The molecular formula is C16H28O7. The second-order valence-corrected chi connectivity index (χ2v) is 6.31. The molecule has 1 aliphatic heterocycles. The van der Waals surface area contributed by atoms with Crippen LogP contribution in [0.1, 0.15) is 34.1 Å². The van der Waals surface area contributed by atoms with Crippen molar-refractivity contribution in [2.24, 2.45) is 5.92 Å². The Balaban J connectivity index is 2.04. The number of ether oxygens (including phenoxy) is 6. The van der Waals surface area contributed by atoms with Gasteiger partial charge in [-0.1, -0.05) is 0 Å². The van der Waals surface area contributed by atoms with Crippen molar-refractivity contribution in [1.82, 2.24) is 0 Å². The molecule has 2 fully saturated rings. The van der Waals surface area contributed by atoms with Gasteiger partial charge in [-0.2, -0.15) is 0 Å². The SMILES string of the molecule is CCOC(C)OCC1C(=O)CC(OCOC)C2OC(C)(C)OC12. The predicted molar refractivity (Wildman–Crippen MR) is 80.7 cm³/mol. The molecule has 1 saturated carbocycles. The summed E-state index contributed by atoms with van der Waals surface area (Å²) in [7, 11) is 1.55. The number of carbonyl (C=O) groups is 1. The lowest BCUT2D eigenvalue weighted by Gasteiger charge is -2.35. The molecule has 1 saturated heterocycles. The molecule has 0 aromatic rings. The maximum absolute atomic E-state index is 12.5. The molecular weight excluding hydrogens is 304 g/mol. The molecule has 0 bridgehead atoms. The van der Waals surface area contributed by atoms with E-state index < -0.39 is 5.79 Å². The number of carbonyl (C=O) groups excluding carboxylic acids is 1. The fraction of sp³-hybridized carbons (Fsp3) is 0.938. The molecule has 0 spiro atoms. The van der Waals surface area contributed by atoms with Gasteiger partial charge < -0.3 is 28.4 Å². The van der Waals surface area contributed by atoms with Crippen molar-refractivity contribution in [2.75, 3.05) is 27.1 Å². The van der Waals surface area contributed by atoms with Gasteiger partial charge in [-0.25, -0.2) is 0 Å². The molecule has 5 atom stereocenters. The molecule has 2 aliphatic rings. The van der Waals surface area contributed by atoms with Gasteiger partial charge in [-0.05, 0) is 27.7 Å². The van der Waals surface area contributed by atoms with Gasteiger partial charge in [0.2, 0.25) is 0 Å². The largest absolute Gasteiger partial charge is 0.359 e. The number of Topliss-reactive ketones (excluding diaryl/α,β-unsaturated/α-hetero) is 1. The topological polar surface area (TPSA) is 72.5 Å². The normalized spacial score (nSPS) is 34.4. The molecule has 1 heterocycles. The van der Waals surface area contributed by atoms with Gasteiger partial charge in [0, 0.05) is 20.1 Å². The van der Waals surface area contributed by atoms with Gasteiger partial charge in [0.05, 0.1) is 18.6 Å². The van der Waals surface area contributed by atoms with Crippen LogP contribution >= 0.6 is 0 Å². The van der Waals surface area contributed by atoms with Gasteiger partial charge in [-0.15, -0.1) is 0 Å². The number of hydrogen-bond donors (Lipinski definition) is 0. The standard InChI is InChI=1S/C16H28O7/c1-6-19-10(2)20-8-11-12(17)7-13(21-9-18-5)15-14(11)22-16(3,4)23-15/h10-11,13-15H,6-9H2,1-5H3. The van der Waals surface area contributed by atoms with Crippen molar-refractivity contribution >= 4 is 5.78 Å². The summed E-state index contributed by atoms with van der Waals surface area (Å²) in [6.07, 6.45) is -1.16. The lowest BCUT2D eigenvalue weighted by atomic mass is 9.82. The monoisotopic (exact) mass is 332 g/mol. The number of rotatable bonds is 8. The zero-order valence-electron chi connectivity index (χ0n) is 14.6. The van der Waals surface area contributed by atoms with Crippen LogP contribution in [0.5, 0.6) is 0 Å². The van der Waals surface area contributed by atoms with Crippen LogP contribution in [0.25, 0.3) is 0 Å². The highest BCUT2D eigenvalue weighted by molar-refractivity contribution is 5.83. The smallest absolute Gasteiger partial charge is 0.163 e. The Labute approximate surface area is 137 Å². The highest BCUT2D eigenvalue weighted by Crippen LogP contribution is 2.39. The average molecular weight is 332 g/mol. The summed E-state index contributed by atoms with van der Waals surface area (Å²) >= 11 is 0. The van der Waals surface area contributed by atoms with Crippen LogP contribution < -0.4 is 0 Å². The first-order chi connectivity index (χ1) is 10.9. The van der Waals surface area contributed by atoms with Crippen molar-refractivity contribution in [3.63, 3.8) is 0 Å². The van der Waals surface area contributed by atoms with E-state index in [0.29, 0.717) is 6.61 Å². The summed E-state index contributed by atoms with van der Waals surface area (Å²) in [6, 6.07) is 0. The van der Waals surface area contributed by atoms with Gasteiger partial charge in [0.15, 0.2) is 12.1 Å². The predicted octanol–water partition coefficient (Wildman–Crippen LogP) is 1.48. The summed E-state index contributed by atoms with van der Waals surface area (Å²) in [6.45, 7) is 8.31. The van der Waals surface area contributed by atoms with Crippen LogP contribution in [0.15, 0.2) is 0 Å². The van der Waals surface area contributed by atoms with Gasteiger partial charge >= 0.3 is 0 Å². The van der Waals surface area contributed by atoms with E-state index >= 15 is 0 Å². The van der Waals surface area contributed by atoms with Crippen molar-refractivity contribution in [3.8, 4) is 0 Å². The lowest BCUT2D eigenvalue weighted by Crippen LogP contribution is -2.52. The Morgan fingerprint density at radius 2 is 1.96 bits per heavy atom. The van der Waals surface area contributed by atoms with E-state index in [1.165, 1.54) is 0 Å². The molecule has 0 aromatic carbocycles. The van der Waals surface area contributed by atoms with Crippen molar-refractivity contribution in [3.05, 3.63) is 0 Å². The molecule has 0 N–H and O–H groups in total. The van der Waals surface area contributed by atoms with Crippen LogP contribution in [-0.2, 0) is 33.2 Å². The minimum Gasteiger partial charge on any atom is -0.359 e. The van der Waals surface area contributed by atoms with Crippen LogP contribution in [-0.4, -0.2) is 63.3 Å². The first kappa shape index (κ1) is 18.8. The number of methoxy groups -OCH3 is 1. The highest BCUT2D eigenvalue weighted by atomic mass is 16.8. The number of ketones is 1. The van der Waals surface area contributed by atoms with E-state index in [2.05, 4.69) is 0 Å². The number of fused-ring (bicyclic) bond motifs is 1. The third-order valence-electron chi connectivity index (χ3n) is 4.05. The third-order valence-corrected chi connectivity index (χ3v) is 4.05. The molecule has 7 heteroatoms. The van der Waals surface area contributed by atoms with Crippen LogP contribution in [0.3, 0.4) is 0 Å². The van der Waals surface area contributed by atoms with Crippen LogP contribution in [0, 0.1) is 5.92 Å². The van der Waals surface area contributed by atoms with Gasteiger partial charge in [0.25, 0.3) is 0 Å². The van der Waals surface area contributed by atoms with Crippen LogP contribution in [0.4, 0.5) is 0 Å². The molecule has 0 amide bonds. The zero-order chi connectivity index (χ0) is 17.0. The first-order valence-corrected chi connectivity index (χ1v) is 8.10. The van der Waals surface area contributed by atoms with Gasteiger partial charge in [0.1, 0.15) is 24.8 Å². The summed E-state index contributed by atoms with van der Waals surface area (Å²) in [5, 5.41) is 0. The second kappa shape index (κ2) is 8.00. The van der Waals surface area contributed by atoms with Gasteiger partial charge in [-0.3, -0.25) is 4.79 Å². The summed E-state index contributed by atoms with van der Waals surface area (Å²) in [5.41, 5.74) is 0. The Hall–Kier alpha value is -0.570. The van der Waals surface area contributed by atoms with Crippen molar-refractivity contribution in [1.29, 1.82) is 0 Å². The Morgan fingerprint density at radius 3 is 2.61 bits per heavy atom. The first-order valence-electron chi connectivity index (χ1n) is 8.10. The van der Waals surface area contributed by atoms with E-state index in [1.807, 2.05) is 27.7 Å². The Bertz CT molecular complexity index is 398. The minimum atomic E-state index is -0.752. The van der Waals surface area contributed by atoms with Crippen molar-refractivity contribution in [2.45, 2.75) is 64.5 Å². The highest BCUT2D eigenvalue weighted by Gasteiger charge is 2.54. The molecule has 5 unspecified atom stereocenters. The summed E-state index contributed by atoms with van der Waals surface area (Å²) in [4.78, 5) is 12.5. The second-order valence-electron chi connectivity index (χ2n) is 6.31. The quantitative estimate of drug-likeness (QED) is 0.623.